The van der Waals surface area contributed by atoms with Crippen molar-refractivity contribution in [1.82, 2.24) is 9.80 Å². The van der Waals surface area contributed by atoms with E-state index >= 15 is 0 Å². The molecule has 0 atom stereocenters. The van der Waals surface area contributed by atoms with Crippen molar-refractivity contribution in [1.29, 1.82) is 0 Å². The summed E-state index contributed by atoms with van der Waals surface area (Å²) in [4.78, 5) is 4.58. The molecule has 0 aromatic rings. The lowest BCUT2D eigenvalue weighted by molar-refractivity contribution is 0.358. The van der Waals surface area contributed by atoms with Gasteiger partial charge in [-0.25, -0.2) is 0 Å². The summed E-state index contributed by atoms with van der Waals surface area (Å²) in [7, 11) is 4.30. The minimum absolute atomic E-state index is 1.06. The van der Waals surface area contributed by atoms with Crippen molar-refractivity contribution in [2.45, 2.75) is 6.42 Å². The summed E-state index contributed by atoms with van der Waals surface area (Å²) < 4.78 is 0. The Labute approximate surface area is 86.2 Å². The van der Waals surface area contributed by atoms with Gasteiger partial charge in [0.25, 0.3) is 0 Å². The zero-order valence-electron chi connectivity index (χ0n) is 9.03. The standard InChI is InChI=1S/C12H18N2/c1-13-8-5-11(6-9-13)12-4-3-7-14(2)10-12/h3-5,7H,6,8-10H2,1-2H3. The summed E-state index contributed by atoms with van der Waals surface area (Å²) in [5.41, 5.74) is 3.03. The first-order valence-corrected chi connectivity index (χ1v) is 5.21. The number of nitrogens with zero attached hydrogens (tertiary/aromatic N) is 2. The minimum atomic E-state index is 1.06. The zero-order valence-corrected chi connectivity index (χ0v) is 9.03. The third-order valence-electron chi connectivity index (χ3n) is 2.88. The first-order valence-electron chi connectivity index (χ1n) is 5.21. The molecular formula is C12H18N2. The van der Waals surface area contributed by atoms with Gasteiger partial charge in [0.1, 0.15) is 0 Å². The summed E-state index contributed by atoms with van der Waals surface area (Å²) in [5, 5.41) is 0. The topological polar surface area (TPSA) is 6.48 Å². The average Bonchev–Trinajstić information content (AvgIpc) is 2.19. The molecule has 2 aliphatic heterocycles. The van der Waals surface area contributed by atoms with E-state index in [4.69, 9.17) is 0 Å². The Balaban J connectivity index is 2.08. The van der Waals surface area contributed by atoms with Crippen LogP contribution in [0.3, 0.4) is 0 Å². The third-order valence-corrected chi connectivity index (χ3v) is 2.88. The lowest BCUT2D eigenvalue weighted by Gasteiger charge is -2.26. The molecule has 2 rings (SSSR count). The molecule has 2 heteroatoms. The Kier molecular flexibility index (Phi) is 2.73. The molecule has 0 radical (unpaired) electrons. The Morgan fingerprint density at radius 3 is 2.71 bits per heavy atom. The highest BCUT2D eigenvalue weighted by atomic mass is 15.1. The van der Waals surface area contributed by atoms with Crippen molar-refractivity contribution >= 4 is 0 Å². The SMILES string of the molecule is CN1C=CC=C(C2=CCN(C)CC2)C1. The zero-order chi connectivity index (χ0) is 9.97. The molecule has 0 saturated heterocycles. The Morgan fingerprint density at radius 2 is 2.07 bits per heavy atom. The van der Waals surface area contributed by atoms with Crippen LogP contribution in [0.4, 0.5) is 0 Å². The van der Waals surface area contributed by atoms with Gasteiger partial charge in [0.15, 0.2) is 0 Å². The summed E-state index contributed by atoms with van der Waals surface area (Å²) >= 11 is 0. The Morgan fingerprint density at radius 1 is 1.21 bits per heavy atom. The van der Waals surface area contributed by atoms with Crippen LogP contribution in [-0.2, 0) is 0 Å². The maximum absolute atomic E-state index is 2.36. The van der Waals surface area contributed by atoms with Gasteiger partial charge in [-0.3, -0.25) is 0 Å². The van der Waals surface area contributed by atoms with Crippen LogP contribution in [0.2, 0.25) is 0 Å². The molecule has 0 aliphatic carbocycles. The minimum Gasteiger partial charge on any atom is -0.376 e. The van der Waals surface area contributed by atoms with E-state index in [-0.39, 0.29) is 0 Å². The number of likely N-dealkylation sites (N-methyl/N-ethyl adjacent to an activating group) is 2. The largest absolute Gasteiger partial charge is 0.376 e. The van der Waals surface area contributed by atoms with Crippen LogP contribution in [-0.4, -0.2) is 43.5 Å². The van der Waals surface area contributed by atoms with Crippen molar-refractivity contribution < 1.29 is 0 Å². The van der Waals surface area contributed by atoms with Gasteiger partial charge < -0.3 is 9.80 Å². The number of allylic oxidation sites excluding steroid dienone is 2. The fraction of sp³-hybridized carbons (Fsp3) is 0.500. The lowest BCUT2D eigenvalue weighted by atomic mass is 9.98. The molecule has 2 aliphatic rings. The number of rotatable bonds is 1. The van der Waals surface area contributed by atoms with Crippen LogP contribution < -0.4 is 0 Å². The van der Waals surface area contributed by atoms with Crippen molar-refractivity contribution in [3.8, 4) is 0 Å². The molecule has 0 N–H and O–H groups in total. The van der Waals surface area contributed by atoms with Crippen LogP contribution in [0.1, 0.15) is 6.42 Å². The fourth-order valence-electron chi connectivity index (χ4n) is 1.95. The molecule has 0 spiro atoms. The second kappa shape index (κ2) is 4.01. The number of hydrogen-bond donors (Lipinski definition) is 0. The first kappa shape index (κ1) is 9.53. The molecule has 0 aromatic heterocycles. The molecule has 14 heavy (non-hydrogen) atoms. The van der Waals surface area contributed by atoms with Crippen molar-refractivity contribution in [2.75, 3.05) is 33.7 Å². The van der Waals surface area contributed by atoms with E-state index in [9.17, 15) is 0 Å². The van der Waals surface area contributed by atoms with Gasteiger partial charge in [0.05, 0.1) is 0 Å². The number of hydrogen-bond acceptors (Lipinski definition) is 2. The average molecular weight is 190 g/mol. The van der Waals surface area contributed by atoms with Gasteiger partial charge >= 0.3 is 0 Å². The van der Waals surface area contributed by atoms with E-state index in [1.165, 1.54) is 18.5 Å². The van der Waals surface area contributed by atoms with Gasteiger partial charge in [0.2, 0.25) is 0 Å². The van der Waals surface area contributed by atoms with Crippen LogP contribution in [0, 0.1) is 0 Å². The Bertz CT molecular complexity index is 299. The molecule has 2 heterocycles. The molecular weight excluding hydrogens is 172 g/mol. The second-order valence-electron chi connectivity index (χ2n) is 4.19. The van der Waals surface area contributed by atoms with E-state index in [2.05, 4.69) is 48.3 Å². The third kappa shape index (κ3) is 2.07. The van der Waals surface area contributed by atoms with Gasteiger partial charge in [-0.2, -0.15) is 0 Å². The predicted molar refractivity (Wildman–Crippen MR) is 60.1 cm³/mol. The highest BCUT2D eigenvalue weighted by molar-refractivity contribution is 5.38. The van der Waals surface area contributed by atoms with Gasteiger partial charge in [-0.05, 0) is 36.9 Å². The quantitative estimate of drug-likeness (QED) is 0.620. The van der Waals surface area contributed by atoms with E-state index in [0.717, 1.165) is 13.1 Å². The molecule has 0 saturated carbocycles. The molecule has 0 unspecified atom stereocenters. The normalized spacial score (nSPS) is 23.4. The van der Waals surface area contributed by atoms with Crippen molar-refractivity contribution in [2.24, 2.45) is 0 Å². The first-order chi connectivity index (χ1) is 6.75. The predicted octanol–water partition coefficient (Wildman–Crippen LogP) is 1.63. The van der Waals surface area contributed by atoms with Crippen molar-refractivity contribution in [3.63, 3.8) is 0 Å². The van der Waals surface area contributed by atoms with Crippen molar-refractivity contribution in [3.05, 3.63) is 35.6 Å². The summed E-state index contributed by atoms with van der Waals surface area (Å²) in [6, 6.07) is 0. The summed E-state index contributed by atoms with van der Waals surface area (Å²) in [5.74, 6) is 0. The van der Waals surface area contributed by atoms with Crippen LogP contribution in [0.15, 0.2) is 35.6 Å². The maximum Gasteiger partial charge on any atom is 0.0423 e. The fourth-order valence-corrected chi connectivity index (χ4v) is 1.95. The highest BCUT2D eigenvalue weighted by Gasteiger charge is 2.13. The Hall–Kier alpha value is -1.02. The van der Waals surface area contributed by atoms with Gasteiger partial charge in [0, 0.05) is 26.7 Å². The lowest BCUT2D eigenvalue weighted by Crippen LogP contribution is -2.26. The van der Waals surface area contributed by atoms with Crippen LogP contribution >= 0.6 is 0 Å². The van der Waals surface area contributed by atoms with E-state index in [1.807, 2.05) is 0 Å². The molecule has 0 aromatic carbocycles. The van der Waals surface area contributed by atoms with E-state index in [0.29, 0.717) is 0 Å². The van der Waals surface area contributed by atoms with Crippen LogP contribution in [0.25, 0.3) is 0 Å². The maximum atomic E-state index is 2.36. The van der Waals surface area contributed by atoms with Gasteiger partial charge in [-0.1, -0.05) is 12.2 Å². The van der Waals surface area contributed by atoms with Gasteiger partial charge in [-0.15, -0.1) is 0 Å². The molecule has 76 valence electrons. The highest BCUT2D eigenvalue weighted by Crippen LogP contribution is 2.21. The van der Waals surface area contributed by atoms with E-state index < -0.39 is 0 Å². The van der Waals surface area contributed by atoms with E-state index in [1.54, 1.807) is 5.57 Å². The molecule has 0 amide bonds. The smallest absolute Gasteiger partial charge is 0.0423 e. The molecule has 2 nitrogen and oxygen atoms in total. The second-order valence-corrected chi connectivity index (χ2v) is 4.19. The van der Waals surface area contributed by atoms with Crippen LogP contribution in [0.5, 0.6) is 0 Å². The summed E-state index contributed by atoms with van der Waals surface area (Å²) in [6.07, 6.45) is 10.1. The molecule has 0 fully saturated rings. The monoisotopic (exact) mass is 190 g/mol. The summed E-state index contributed by atoms with van der Waals surface area (Å²) in [6.45, 7) is 3.35. The molecule has 0 bridgehead atoms.